The highest BCUT2D eigenvalue weighted by molar-refractivity contribution is 14.1. The lowest BCUT2D eigenvalue weighted by atomic mass is 10.0. The third-order valence-corrected chi connectivity index (χ3v) is 3.26. The Morgan fingerprint density at radius 1 is 1.41 bits per heavy atom. The lowest BCUT2D eigenvalue weighted by Gasteiger charge is -2.14. The Balaban J connectivity index is 2.13. The van der Waals surface area contributed by atoms with Crippen molar-refractivity contribution in [3.05, 3.63) is 45.3 Å². The molecule has 0 spiro atoms. The van der Waals surface area contributed by atoms with Gasteiger partial charge in [0.15, 0.2) is 0 Å². The maximum absolute atomic E-state index is 5.59. The molecule has 2 rings (SSSR count). The molecule has 90 valence electrons. The minimum absolute atomic E-state index is 0.0590. The molecule has 6 heteroatoms. The van der Waals surface area contributed by atoms with Crippen LogP contribution >= 0.6 is 22.6 Å². The molecule has 0 saturated heterocycles. The molecule has 0 aliphatic carbocycles. The van der Waals surface area contributed by atoms with Gasteiger partial charge in [-0.05, 0) is 40.3 Å². The van der Waals surface area contributed by atoms with E-state index in [1.165, 1.54) is 3.57 Å². The van der Waals surface area contributed by atoms with E-state index in [4.69, 9.17) is 5.84 Å². The predicted octanol–water partition coefficient (Wildman–Crippen LogP) is 1.17. The van der Waals surface area contributed by atoms with Crippen molar-refractivity contribution in [1.82, 2.24) is 20.4 Å². The lowest BCUT2D eigenvalue weighted by molar-refractivity contribution is 0.545. The summed E-state index contributed by atoms with van der Waals surface area (Å²) in [4.78, 5) is 0. The fourth-order valence-electron chi connectivity index (χ4n) is 1.67. The molecule has 2 aromatic rings. The van der Waals surface area contributed by atoms with Gasteiger partial charge >= 0.3 is 0 Å². The maximum Gasteiger partial charge on any atom is 0.0846 e. The van der Waals surface area contributed by atoms with Crippen LogP contribution in [0.15, 0.2) is 30.5 Å². The molecule has 0 aliphatic heterocycles. The fourth-order valence-corrected chi connectivity index (χ4v) is 2.03. The molecule has 0 saturated carbocycles. The van der Waals surface area contributed by atoms with Gasteiger partial charge in [0.25, 0.3) is 0 Å². The van der Waals surface area contributed by atoms with Crippen LogP contribution in [0.4, 0.5) is 0 Å². The van der Waals surface area contributed by atoms with Crippen molar-refractivity contribution in [3.8, 4) is 0 Å². The Labute approximate surface area is 114 Å². The number of hydrazine groups is 1. The second-order valence-corrected chi connectivity index (χ2v) is 5.10. The van der Waals surface area contributed by atoms with Gasteiger partial charge in [0.1, 0.15) is 0 Å². The van der Waals surface area contributed by atoms with Crippen molar-refractivity contribution in [2.45, 2.75) is 12.5 Å². The quantitative estimate of drug-likeness (QED) is 0.497. The number of rotatable bonds is 4. The van der Waals surface area contributed by atoms with Crippen molar-refractivity contribution in [2.24, 2.45) is 12.9 Å². The highest BCUT2D eigenvalue weighted by Gasteiger charge is 2.12. The van der Waals surface area contributed by atoms with E-state index in [2.05, 4.69) is 62.6 Å². The first-order valence-corrected chi connectivity index (χ1v) is 6.33. The van der Waals surface area contributed by atoms with E-state index in [0.717, 1.165) is 17.7 Å². The first-order chi connectivity index (χ1) is 8.19. The molecule has 1 aromatic carbocycles. The van der Waals surface area contributed by atoms with Gasteiger partial charge in [-0.3, -0.25) is 16.0 Å². The Hall–Kier alpha value is -0.990. The summed E-state index contributed by atoms with van der Waals surface area (Å²) in [6.45, 7) is 0. The lowest BCUT2D eigenvalue weighted by Crippen LogP contribution is -2.29. The monoisotopic (exact) mass is 343 g/mol. The number of benzene rings is 1. The largest absolute Gasteiger partial charge is 0.271 e. The molecule has 3 N–H and O–H groups in total. The van der Waals surface area contributed by atoms with E-state index in [1.54, 1.807) is 4.68 Å². The van der Waals surface area contributed by atoms with Crippen molar-refractivity contribution in [3.63, 3.8) is 0 Å². The van der Waals surface area contributed by atoms with Crippen LogP contribution < -0.4 is 11.3 Å². The summed E-state index contributed by atoms with van der Waals surface area (Å²) in [6.07, 6.45) is 2.63. The second-order valence-electron chi connectivity index (χ2n) is 3.86. The molecule has 5 nitrogen and oxygen atoms in total. The maximum atomic E-state index is 5.59. The summed E-state index contributed by atoms with van der Waals surface area (Å²) in [5, 5.41) is 7.97. The van der Waals surface area contributed by atoms with E-state index >= 15 is 0 Å². The topological polar surface area (TPSA) is 68.8 Å². The van der Waals surface area contributed by atoms with Crippen molar-refractivity contribution in [1.29, 1.82) is 0 Å². The smallest absolute Gasteiger partial charge is 0.0846 e. The molecule has 0 radical (unpaired) electrons. The van der Waals surface area contributed by atoms with Gasteiger partial charge in [-0.25, -0.2) is 0 Å². The van der Waals surface area contributed by atoms with Crippen molar-refractivity contribution >= 4 is 22.6 Å². The zero-order chi connectivity index (χ0) is 12.3. The molecular formula is C11H14IN5. The summed E-state index contributed by atoms with van der Waals surface area (Å²) in [7, 11) is 1.85. The van der Waals surface area contributed by atoms with E-state index in [9.17, 15) is 0 Å². The summed E-state index contributed by atoms with van der Waals surface area (Å²) in [5.41, 5.74) is 4.89. The Morgan fingerprint density at radius 3 is 2.65 bits per heavy atom. The SMILES string of the molecule is Cn1cc(CC(NN)c2ccc(I)cc2)nn1. The third-order valence-electron chi connectivity index (χ3n) is 2.54. The standard InChI is InChI=1S/C11H14IN5/c1-17-7-10(15-16-17)6-11(14-13)8-2-4-9(12)5-3-8/h2-5,7,11,14H,6,13H2,1H3. The Bertz CT molecular complexity index is 479. The average Bonchev–Trinajstić information content (AvgIpc) is 2.73. The second kappa shape index (κ2) is 5.56. The number of nitrogens with one attached hydrogen (secondary N) is 1. The summed E-state index contributed by atoms with van der Waals surface area (Å²) in [6, 6.07) is 8.34. The zero-order valence-electron chi connectivity index (χ0n) is 9.47. The molecule has 0 amide bonds. The van der Waals surface area contributed by atoms with Crippen LogP contribution in [-0.2, 0) is 13.5 Å². The highest BCUT2D eigenvalue weighted by atomic mass is 127. The molecular weight excluding hydrogens is 329 g/mol. The average molecular weight is 343 g/mol. The van der Waals surface area contributed by atoms with Gasteiger partial charge in [-0.2, -0.15) is 0 Å². The first kappa shape index (κ1) is 12.5. The molecule has 1 heterocycles. The number of nitrogens with zero attached hydrogens (tertiary/aromatic N) is 3. The van der Waals surface area contributed by atoms with Crippen LogP contribution in [0.2, 0.25) is 0 Å². The minimum Gasteiger partial charge on any atom is -0.271 e. The van der Waals surface area contributed by atoms with E-state index in [-0.39, 0.29) is 6.04 Å². The van der Waals surface area contributed by atoms with E-state index in [0.29, 0.717) is 0 Å². The molecule has 1 aromatic heterocycles. The number of aromatic nitrogens is 3. The molecule has 1 atom stereocenters. The van der Waals surface area contributed by atoms with Gasteiger partial charge in [0.2, 0.25) is 0 Å². The summed E-state index contributed by atoms with van der Waals surface area (Å²) in [5.74, 6) is 5.59. The van der Waals surface area contributed by atoms with Crippen LogP contribution in [0.3, 0.4) is 0 Å². The van der Waals surface area contributed by atoms with Crippen molar-refractivity contribution in [2.75, 3.05) is 0 Å². The molecule has 0 fully saturated rings. The zero-order valence-corrected chi connectivity index (χ0v) is 11.6. The number of nitrogens with two attached hydrogens (primary N) is 1. The molecule has 0 bridgehead atoms. The number of hydrogen-bond donors (Lipinski definition) is 2. The van der Waals surface area contributed by atoms with Gasteiger partial charge in [-0.15, -0.1) is 5.10 Å². The summed E-state index contributed by atoms with van der Waals surface area (Å²) >= 11 is 2.28. The van der Waals surface area contributed by atoms with E-state index in [1.807, 2.05) is 13.2 Å². The van der Waals surface area contributed by atoms with Crippen LogP contribution in [-0.4, -0.2) is 15.0 Å². The Morgan fingerprint density at radius 2 is 2.12 bits per heavy atom. The molecule has 0 aliphatic rings. The summed E-state index contributed by atoms with van der Waals surface area (Å²) < 4.78 is 2.90. The van der Waals surface area contributed by atoms with Gasteiger partial charge < -0.3 is 0 Å². The van der Waals surface area contributed by atoms with Gasteiger partial charge in [0.05, 0.1) is 11.7 Å². The molecule has 17 heavy (non-hydrogen) atoms. The van der Waals surface area contributed by atoms with Crippen molar-refractivity contribution < 1.29 is 0 Å². The molecule has 1 unspecified atom stereocenters. The predicted molar refractivity (Wildman–Crippen MR) is 73.9 cm³/mol. The Kier molecular flexibility index (Phi) is 4.08. The normalized spacial score (nSPS) is 12.6. The van der Waals surface area contributed by atoms with Crippen LogP contribution in [0.1, 0.15) is 17.3 Å². The fraction of sp³-hybridized carbons (Fsp3) is 0.273. The van der Waals surface area contributed by atoms with Crippen LogP contribution in [0, 0.1) is 3.57 Å². The van der Waals surface area contributed by atoms with Gasteiger partial charge in [-0.1, -0.05) is 17.3 Å². The highest BCUT2D eigenvalue weighted by Crippen LogP contribution is 2.17. The number of hydrogen-bond acceptors (Lipinski definition) is 4. The van der Waals surface area contributed by atoms with Crippen LogP contribution in [0.5, 0.6) is 0 Å². The first-order valence-electron chi connectivity index (χ1n) is 5.26. The number of aryl methyl sites for hydroxylation is 1. The third kappa shape index (κ3) is 3.24. The van der Waals surface area contributed by atoms with Crippen LogP contribution in [0.25, 0.3) is 0 Å². The van der Waals surface area contributed by atoms with Gasteiger partial charge in [0, 0.05) is 23.2 Å². The van der Waals surface area contributed by atoms with E-state index < -0.39 is 0 Å². The number of halogens is 1. The minimum atomic E-state index is 0.0590.